The predicted molar refractivity (Wildman–Crippen MR) is 135 cm³/mol. The van der Waals surface area contributed by atoms with Crippen LogP contribution in [0.1, 0.15) is 78.7 Å². The monoisotopic (exact) mass is 430 g/mol. The summed E-state index contributed by atoms with van der Waals surface area (Å²) in [5.74, 6) is 2.47. The minimum Gasteiger partial charge on any atom is -0.393 e. The molecule has 1 heteroatoms. The minimum absolute atomic E-state index is 0.0323. The smallest absolute Gasteiger partial charge is 0.0597 e. The Balaban J connectivity index is 1.46. The third-order valence-corrected chi connectivity index (χ3v) is 10.5. The SMILES string of the molecule is C[C@H](C=Cc1ccccc1)[C@H]1CCC2=C3C=C[C@H]4C(C)(C)[C@@H](O)CC[C@]4(C)[C@H]3CC[C@@]21C. The third kappa shape index (κ3) is 3.22. The fourth-order valence-corrected chi connectivity index (χ4v) is 8.55. The first-order valence-corrected chi connectivity index (χ1v) is 13.0. The van der Waals surface area contributed by atoms with Crippen molar-refractivity contribution in [1.29, 1.82) is 0 Å². The van der Waals surface area contributed by atoms with E-state index in [1.807, 2.05) is 0 Å². The number of allylic oxidation sites excluding steroid dienone is 5. The molecule has 4 aliphatic carbocycles. The Bertz CT molecular complexity index is 950. The van der Waals surface area contributed by atoms with Crippen LogP contribution in [-0.2, 0) is 0 Å². The average molecular weight is 431 g/mol. The zero-order chi connectivity index (χ0) is 22.7. The molecule has 1 nitrogen and oxygen atoms in total. The fourth-order valence-electron chi connectivity index (χ4n) is 8.55. The Kier molecular flexibility index (Phi) is 5.36. The first kappa shape index (κ1) is 22.2. The lowest BCUT2D eigenvalue weighted by Gasteiger charge is -2.59. The van der Waals surface area contributed by atoms with E-state index in [1.54, 1.807) is 11.1 Å². The molecule has 1 aromatic rings. The van der Waals surface area contributed by atoms with Gasteiger partial charge in [-0.25, -0.2) is 0 Å². The van der Waals surface area contributed by atoms with E-state index in [2.05, 4.69) is 89.3 Å². The van der Waals surface area contributed by atoms with Crippen molar-refractivity contribution in [3.05, 3.63) is 65.3 Å². The molecule has 0 unspecified atom stereocenters. The number of rotatable bonds is 3. The van der Waals surface area contributed by atoms with Gasteiger partial charge in [-0.2, -0.15) is 0 Å². The van der Waals surface area contributed by atoms with Crippen LogP contribution in [0.2, 0.25) is 0 Å². The van der Waals surface area contributed by atoms with Crippen LogP contribution in [0.25, 0.3) is 6.08 Å². The quantitative estimate of drug-likeness (QED) is 0.518. The van der Waals surface area contributed by atoms with Gasteiger partial charge >= 0.3 is 0 Å². The zero-order valence-corrected chi connectivity index (χ0v) is 20.8. The Morgan fingerprint density at radius 3 is 2.50 bits per heavy atom. The maximum atomic E-state index is 10.8. The van der Waals surface area contributed by atoms with E-state index in [0.29, 0.717) is 23.2 Å². The van der Waals surface area contributed by atoms with E-state index in [9.17, 15) is 5.11 Å². The Morgan fingerprint density at radius 1 is 1.00 bits per heavy atom. The molecule has 0 aliphatic heterocycles. The summed E-state index contributed by atoms with van der Waals surface area (Å²) < 4.78 is 0. The molecule has 1 aromatic carbocycles. The molecule has 2 saturated carbocycles. The zero-order valence-electron chi connectivity index (χ0n) is 20.8. The second kappa shape index (κ2) is 7.73. The molecular weight excluding hydrogens is 388 g/mol. The standard InChI is InChI=1S/C31H42O/c1-21(11-12-22-9-7-6-8-10-22)24-14-15-25-23-13-16-27-29(2,3)28(32)18-20-31(27,5)26(23)17-19-30(24,25)4/h6-13,16,21,24,26-28,32H,14-15,17-20H2,1-5H3/t21-,24-,26+,27+,28+,30-,31-/m1/s1. The molecule has 7 atom stereocenters. The fraction of sp³-hybridized carbons (Fsp3) is 0.613. The van der Waals surface area contributed by atoms with Crippen LogP contribution in [0.5, 0.6) is 0 Å². The van der Waals surface area contributed by atoms with E-state index in [0.717, 1.165) is 18.8 Å². The molecule has 0 saturated heterocycles. The van der Waals surface area contributed by atoms with Crippen molar-refractivity contribution in [3.63, 3.8) is 0 Å². The number of aliphatic hydroxyl groups is 1. The summed E-state index contributed by atoms with van der Waals surface area (Å²) in [4.78, 5) is 0. The molecule has 1 N–H and O–H groups in total. The van der Waals surface area contributed by atoms with Crippen LogP contribution in [0.3, 0.4) is 0 Å². The number of hydrogen-bond acceptors (Lipinski definition) is 1. The van der Waals surface area contributed by atoms with E-state index < -0.39 is 0 Å². The van der Waals surface area contributed by atoms with Gasteiger partial charge in [0.05, 0.1) is 6.10 Å². The summed E-state index contributed by atoms with van der Waals surface area (Å²) >= 11 is 0. The number of aliphatic hydroxyl groups excluding tert-OH is 1. The van der Waals surface area contributed by atoms with Gasteiger partial charge in [0.15, 0.2) is 0 Å². The lowest BCUT2D eigenvalue weighted by atomic mass is 9.46. The first-order chi connectivity index (χ1) is 15.2. The highest BCUT2D eigenvalue weighted by molar-refractivity contribution is 5.49. The van der Waals surface area contributed by atoms with Crippen LogP contribution < -0.4 is 0 Å². The Hall–Kier alpha value is -1.60. The highest BCUT2D eigenvalue weighted by atomic mass is 16.3. The van der Waals surface area contributed by atoms with Gasteiger partial charge in [-0.3, -0.25) is 0 Å². The van der Waals surface area contributed by atoms with E-state index in [4.69, 9.17) is 0 Å². The summed E-state index contributed by atoms with van der Waals surface area (Å²) in [5.41, 5.74) is 5.36. The van der Waals surface area contributed by atoms with Gasteiger partial charge in [-0.15, -0.1) is 0 Å². The summed E-state index contributed by atoms with van der Waals surface area (Å²) in [6, 6.07) is 10.7. The van der Waals surface area contributed by atoms with Crippen LogP contribution >= 0.6 is 0 Å². The summed E-state index contributed by atoms with van der Waals surface area (Å²) in [6.07, 6.45) is 17.0. The molecule has 5 rings (SSSR count). The predicted octanol–water partition coefficient (Wildman–Crippen LogP) is 7.83. The van der Waals surface area contributed by atoms with Crippen LogP contribution in [0.4, 0.5) is 0 Å². The first-order valence-electron chi connectivity index (χ1n) is 13.0. The lowest BCUT2D eigenvalue weighted by Crippen LogP contribution is -2.54. The van der Waals surface area contributed by atoms with Gasteiger partial charge in [0.25, 0.3) is 0 Å². The van der Waals surface area contributed by atoms with E-state index >= 15 is 0 Å². The summed E-state index contributed by atoms with van der Waals surface area (Å²) in [7, 11) is 0. The number of hydrogen-bond donors (Lipinski definition) is 1. The van der Waals surface area contributed by atoms with Gasteiger partial charge in [0, 0.05) is 0 Å². The van der Waals surface area contributed by atoms with Crippen LogP contribution in [-0.4, -0.2) is 11.2 Å². The molecule has 0 spiro atoms. The Labute approximate surface area is 195 Å². The van der Waals surface area contributed by atoms with Crippen molar-refractivity contribution < 1.29 is 5.11 Å². The summed E-state index contributed by atoms with van der Waals surface area (Å²) in [5, 5.41) is 10.8. The molecule has 32 heavy (non-hydrogen) atoms. The van der Waals surface area contributed by atoms with Crippen LogP contribution in [0, 0.1) is 39.9 Å². The second-order valence-corrected chi connectivity index (χ2v) is 12.4. The molecule has 172 valence electrons. The number of benzene rings is 1. The molecule has 0 radical (unpaired) electrons. The van der Waals surface area contributed by atoms with Gasteiger partial charge in [0.2, 0.25) is 0 Å². The summed E-state index contributed by atoms with van der Waals surface area (Å²) in [6.45, 7) is 12.1. The third-order valence-electron chi connectivity index (χ3n) is 10.5. The molecule has 0 heterocycles. The highest BCUT2D eigenvalue weighted by Gasteiger charge is 2.58. The molecular formula is C31H42O. The van der Waals surface area contributed by atoms with Crippen molar-refractivity contribution in [2.24, 2.45) is 39.9 Å². The van der Waals surface area contributed by atoms with Crippen molar-refractivity contribution in [2.45, 2.75) is 79.2 Å². The van der Waals surface area contributed by atoms with Crippen molar-refractivity contribution >= 4 is 6.08 Å². The van der Waals surface area contributed by atoms with E-state index in [-0.39, 0.29) is 16.9 Å². The van der Waals surface area contributed by atoms with Crippen molar-refractivity contribution in [3.8, 4) is 0 Å². The largest absolute Gasteiger partial charge is 0.393 e. The average Bonchev–Trinajstić information content (AvgIpc) is 3.13. The van der Waals surface area contributed by atoms with Gasteiger partial charge in [0.1, 0.15) is 0 Å². The molecule has 4 aliphatic rings. The number of fused-ring (bicyclic) bond motifs is 4. The Morgan fingerprint density at radius 2 is 1.75 bits per heavy atom. The molecule has 2 fully saturated rings. The van der Waals surface area contributed by atoms with Gasteiger partial charge < -0.3 is 5.11 Å². The lowest BCUT2D eigenvalue weighted by molar-refractivity contribution is -0.0975. The normalized spacial score (nSPS) is 41.3. The maximum absolute atomic E-state index is 10.8. The second-order valence-electron chi connectivity index (χ2n) is 12.4. The van der Waals surface area contributed by atoms with Gasteiger partial charge in [-0.05, 0) is 89.6 Å². The highest BCUT2D eigenvalue weighted by Crippen LogP contribution is 2.66. The van der Waals surface area contributed by atoms with Crippen LogP contribution in [0.15, 0.2) is 59.7 Å². The molecule has 0 aromatic heterocycles. The van der Waals surface area contributed by atoms with E-state index in [1.165, 1.54) is 31.2 Å². The topological polar surface area (TPSA) is 20.2 Å². The molecule has 0 amide bonds. The van der Waals surface area contributed by atoms with Crippen molar-refractivity contribution in [2.75, 3.05) is 0 Å². The van der Waals surface area contributed by atoms with Crippen molar-refractivity contribution in [1.82, 2.24) is 0 Å². The maximum Gasteiger partial charge on any atom is 0.0597 e. The molecule has 0 bridgehead atoms. The minimum atomic E-state index is -0.179. The van der Waals surface area contributed by atoms with Gasteiger partial charge in [-0.1, -0.05) is 94.8 Å².